The van der Waals surface area contributed by atoms with Gasteiger partial charge in [0.2, 0.25) is 0 Å². The van der Waals surface area contributed by atoms with Crippen LogP contribution in [0.5, 0.6) is 11.5 Å². The number of amides is 1. The van der Waals surface area contributed by atoms with E-state index in [4.69, 9.17) is 13.9 Å². The van der Waals surface area contributed by atoms with Crippen molar-refractivity contribution in [3.05, 3.63) is 75.7 Å². The van der Waals surface area contributed by atoms with Gasteiger partial charge in [-0.2, -0.15) is 0 Å². The fourth-order valence-electron chi connectivity index (χ4n) is 3.02. The lowest BCUT2D eigenvalue weighted by Gasteiger charge is -2.13. The number of anilines is 1. The fraction of sp³-hybridized carbons (Fsp3) is 0.136. The van der Waals surface area contributed by atoms with Gasteiger partial charge in [-0.05, 0) is 54.8 Å². The van der Waals surface area contributed by atoms with Crippen LogP contribution in [0.2, 0.25) is 0 Å². The number of hydrogen-bond acceptors (Lipinski definition) is 7. The van der Waals surface area contributed by atoms with Crippen molar-refractivity contribution in [2.75, 3.05) is 25.8 Å². The van der Waals surface area contributed by atoms with Crippen molar-refractivity contribution in [3.8, 4) is 11.5 Å². The topological polar surface area (TPSA) is 102 Å². The normalized spacial score (nSPS) is 15.3. The summed E-state index contributed by atoms with van der Waals surface area (Å²) in [4.78, 5) is 25.0. The van der Waals surface area contributed by atoms with Crippen LogP contribution in [0.4, 0.5) is 5.69 Å². The summed E-state index contributed by atoms with van der Waals surface area (Å²) in [6, 6.07) is 14.0. The van der Waals surface area contributed by atoms with E-state index in [-0.39, 0.29) is 16.0 Å². The molecule has 1 atom stereocenters. The van der Waals surface area contributed by atoms with E-state index < -0.39 is 11.5 Å². The SMILES string of the molecule is COc1ccc(NC2=S(C)C=C(NC(=O)c3cc4cc(OC)ccc4oc3=O)N2)cc1. The summed E-state index contributed by atoms with van der Waals surface area (Å²) in [5.41, 5.74) is 0.476. The number of benzene rings is 2. The molecule has 0 saturated carbocycles. The number of nitrogens with one attached hydrogen (secondary N) is 3. The van der Waals surface area contributed by atoms with Crippen LogP contribution in [-0.2, 0) is 0 Å². The maximum absolute atomic E-state index is 12.7. The van der Waals surface area contributed by atoms with Crippen molar-refractivity contribution < 1.29 is 18.7 Å². The van der Waals surface area contributed by atoms with E-state index in [0.717, 1.165) is 16.5 Å². The highest BCUT2D eigenvalue weighted by Crippen LogP contribution is 2.23. The molecule has 3 N–H and O–H groups in total. The molecule has 4 rings (SSSR count). The highest BCUT2D eigenvalue weighted by Gasteiger charge is 2.19. The van der Waals surface area contributed by atoms with Crippen molar-refractivity contribution in [3.63, 3.8) is 0 Å². The summed E-state index contributed by atoms with van der Waals surface area (Å²) in [6.45, 7) is 0. The van der Waals surface area contributed by atoms with Crippen molar-refractivity contribution >= 4 is 38.2 Å². The van der Waals surface area contributed by atoms with Gasteiger partial charge < -0.3 is 29.8 Å². The first-order chi connectivity index (χ1) is 15.0. The summed E-state index contributed by atoms with van der Waals surface area (Å²) in [5.74, 6) is 1.31. The summed E-state index contributed by atoms with van der Waals surface area (Å²) in [5, 5.41) is 12.5. The van der Waals surface area contributed by atoms with Gasteiger partial charge in [0.25, 0.3) is 5.91 Å². The molecule has 3 aromatic rings. The van der Waals surface area contributed by atoms with Crippen LogP contribution in [0.15, 0.2) is 69.0 Å². The quantitative estimate of drug-likeness (QED) is 0.415. The molecule has 8 nitrogen and oxygen atoms in total. The Balaban J connectivity index is 1.47. The van der Waals surface area contributed by atoms with Gasteiger partial charge in [0, 0.05) is 16.5 Å². The number of ether oxygens (including phenoxy) is 2. The molecule has 1 aliphatic heterocycles. The van der Waals surface area contributed by atoms with Gasteiger partial charge >= 0.3 is 5.63 Å². The lowest BCUT2D eigenvalue weighted by Crippen LogP contribution is -2.36. The Kier molecular flexibility index (Phi) is 5.68. The lowest BCUT2D eigenvalue weighted by atomic mass is 10.1. The average Bonchev–Trinajstić information content (AvgIpc) is 3.11. The minimum Gasteiger partial charge on any atom is -0.497 e. The number of rotatable bonds is 5. The number of carbonyl (C=O) groups is 1. The Hall–Kier alpha value is -3.72. The maximum atomic E-state index is 12.7. The van der Waals surface area contributed by atoms with E-state index in [2.05, 4.69) is 16.0 Å². The largest absolute Gasteiger partial charge is 0.497 e. The molecule has 2 aromatic carbocycles. The Morgan fingerprint density at radius 3 is 2.45 bits per heavy atom. The Labute approximate surface area is 180 Å². The van der Waals surface area contributed by atoms with E-state index in [1.165, 1.54) is 6.07 Å². The summed E-state index contributed by atoms with van der Waals surface area (Å²) in [7, 11) is 2.87. The van der Waals surface area contributed by atoms with Crippen molar-refractivity contribution in [1.82, 2.24) is 10.6 Å². The molecule has 9 heteroatoms. The summed E-state index contributed by atoms with van der Waals surface area (Å²) < 4.78 is 15.6. The van der Waals surface area contributed by atoms with Crippen molar-refractivity contribution in [2.24, 2.45) is 0 Å². The molecular formula is C22H21N3O5S. The van der Waals surface area contributed by atoms with Crippen LogP contribution >= 0.6 is 10.5 Å². The fourth-order valence-corrected chi connectivity index (χ4v) is 4.16. The standard InChI is InChI=1S/C22H21N3O5S/c1-28-15-6-4-14(5-7-15)23-22-25-19(12-31(22)3)24-20(26)17-11-13-10-16(29-2)8-9-18(13)30-21(17)27/h4-12,23,25H,1-3H3,(H,24,26). The Morgan fingerprint density at radius 1 is 1.03 bits per heavy atom. The molecule has 160 valence electrons. The van der Waals surface area contributed by atoms with Crippen LogP contribution in [-0.4, -0.2) is 31.5 Å². The summed E-state index contributed by atoms with van der Waals surface area (Å²) in [6.07, 6.45) is 2.01. The van der Waals surface area contributed by atoms with Crippen LogP contribution in [0.1, 0.15) is 10.4 Å². The second-order valence-corrected chi connectivity index (χ2v) is 8.46. The van der Waals surface area contributed by atoms with Gasteiger partial charge in [0.1, 0.15) is 33.6 Å². The molecule has 0 aliphatic carbocycles. The predicted molar refractivity (Wildman–Crippen MR) is 123 cm³/mol. The zero-order valence-electron chi connectivity index (χ0n) is 17.1. The number of methoxy groups -OCH3 is 2. The van der Waals surface area contributed by atoms with Crippen LogP contribution in [0.3, 0.4) is 0 Å². The highest BCUT2D eigenvalue weighted by atomic mass is 32.2. The molecule has 0 radical (unpaired) electrons. The molecule has 2 heterocycles. The Bertz CT molecular complexity index is 1280. The second kappa shape index (κ2) is 8.57. The molecule has 0 bridgehead atoms. The van der Waals surface area contributed by atoms with E-state index in [9.17, 15) is 9.59 Å². The van der Waals surface area contributed by atoms with Crippen LogP contribution in [0, 0.1) is 0 Å². The lowest BCUT2D eigenvalue weighted by molar-refractivity contribution is 0.0961. The third-order valence-electron chi connectivity index (χ3n) is 4.64. The number of hydrogen-bond donors (Lipinski definition) is 3. The zero-order valence-corrected chi connectivity index (χ0v) is 18.0. The summed E-state index contributed by atoms with van der Waals surface area (Å²) >= 11 is 0. The van der Waals surface area contributed by atoms with E-state index in [1.54, 1.807) is 32.4 Å². The van der Waals surface area contributed by atoms with Crippen molar-refractivity contribution in [1.29, 1.82) is 0 Å². The van der Waals surface area contributed by atoms with Gasteiger partial charge in [0.05, 0.1) is 14.2 Å². The minimum atomic E-state index is -0.704. The van der Waals surface area contributed by atoms with E-state index >= 15 is 0 Å². The van der Waals surface area contributed by atoms with Crippen LogP contribution in [0.25, 0.3) is 11.0 Å². The molecule has 1 aromatic heterocycles. The smallest absolute Gasteiger partial charge is 0.349 e. The van der Waals surface area contributed by atoms with Crippen LogP contribution < -0.4 is 31.0 Å². The van der Waals surface area contributed by atoms with Gasteiger partial charge in [-0.25, -0.2) is 4.79 Å². The van der Waals surface area contributed by atoms with Gasteiger partial charge in [-0.3, -0.25) is 4.79 Å². The van der Waals surface area contributed by atoms with E-state index in [0.29, 0.717) is 22.5 Å². The second-order valence-electron chi connectivity index (χ2n) is 6.70. The molecule has 1 aliphatic rings. The third kappa shape index (κ3) is 4.41. The number of carbonyl (C=O) groups excluding carboxylic acids is 1. The molecule has 0 saturated heterocycles. The molecule has 31 heavy (non-hydrogen) atoms. The first kappa shape index (κ1) is 20.5. The van der Waals surface area contributed by atoms with Crippen molar-refractivity contribution in [2.45, 2.75) is 0 Å². The molecule has 1 amide bonds. The first-order valence-corrected chi connectivity index (χ1v) is 11.0. The first-order valence-electron chi connectivity index (χ1n) is 9.31. The Morgan fingerprint density at radius 2 is 1.74 bits per heavy atom. The third-order valence-corrected chi connectivity index (χ3v) is 6.08. The maximum Gasteiger partial charge on any atom is 0.349 e. The van der Waals surface area contributed by atoms with Gasteiger partial charge in [0.15, 0.2) is 0 Å². The number of fused-ring (bicyclic) bond motifs is 1. The zero-order chi connectivity index (χ0) is 22.0. The van der Waals surface area contributed by atoms with E-state index in [1.807, 2.05) is 35.9 Å². The predicted octanol–water partition coefficient (Wildman–Crippen LogP) is 3.04. The molecule has 1 unspecified atom stereocenters. The van der Waals surface area contributed by atoms with Gasteiger partial charge in [-0.15, -0.1) is 10.5 Å². The average molecular weight is 439 g/mol. The molecule has 0 spiro atoms. The van der Waals surface area contributed by atoms with Gasteiger partial charge in [-0.1, -0.05) is 0 Å². The minimum absolute atomic E-state index is 0.0870. The molecule has 0 fully saturated rings. The molecular weight excluding hydrogens is 418 g/mol. The highest BCUT2D eigenvalue weighted by molar-refractivity contribution is 8.18. The monoisotopic (exact) mass is 439 g/mol.